The zero-order valence-corrected chi connectivity index (χ0v) is 11.9. The fourth-order valence-corrected chi connectivity index (χ4v) is 2.66. The van der Waals surface area contributed by atoms with E-state index >= 15 is 0 Å². The summed E-state index contributed by atoms with van der Waals surface area (Å²) in [5.74, 6) is 2.27. The topological polar surface area (TPSA) is 41.3 Å². The van der Waals surface area contributed by atoms with Crippen LogP contribution in [0.4, 0.5) is 0 Å². The van der Waals surface area contributed by atoms with Gasteiger partial charge >= 0.3 is 0 Å². The molecule has 0 aromatic carbocycles. The Morgan fingerprint density at radius 3 is 2.72 bits per heavy atom. The van der Waals surface area contributed by atoms with Crippen LogP contribution >= 0.6 is 0 Å². The van der Waals surface area contributed by atoms with Crippen molar-refractivity contribution < 1.29 is 4.52 Å². The van der Waals surface area contributed by atoms with E-state index < -0.39 is 0 Å². The van der Waals surface area contributed by atoms with Crippen molar-refractivity contribution in [3.63, 3.8) is 0 Å². The normalized spacial score (nSPS) is 26.1. The van der Waals surface area contributed by atoms with Crippen LogP contribution in [0.3, 0.4) is 0 Å². The number of hydrogen-bond donors (Lipinski definition) is 1. The van der Waals surface area contributed by atoms with Crippen LogP contribution < -0.4 is 5.32 Å². The number of nitrogens with one attached hydrogen (secondary N) is 1. The predicted molar refractivity (Wildman–Crippen MR) is 72.2 cm³/mol. The van der Waals surface area contributed by atoms with Gasteiger partial charge in [-0.2, -0.15) is 0 Å². The van der Waals surface area contributed by atoms with E-state index in [0.717, 1.165) is 25.4 Å². The number of piperazine rings is 1. The van der Waals surface area contributed by atoms with Crippen molar-refractivity contribution in [2.75, 3.05) is 13.1 Å². The van der Waals surface area contributed by atoms with E-state index in [2.05, 4.69) is 43.1 Å². The van der Waals surface area contributed by atoms with Crippen LogP contribution in [-0.2, 0) is 6.54 Å². The first-order chi connectivity index (χ1) is 8.58. The fraction of sp³-hybridized carbons (Fsp3) is 0.786. The molecular formula is C14H25N3O. The number of aromatic nitrogens is 1. The highest BCUT2D eigenvalue weighted by Crippen LogP contribution is 2.20. The number of nitrogens with zero attached hydrogens (tertiary/aromatic N) is 2. The summed E-state index contributed by atoms with van der Waals surface area (Å²) in [4.78, 5) is 2.53. The third-order valence-corrected chi connectivity index (χ3v) is 3.91. The zero-order chi connectivity index (χ0) is 13.1. The SMILES string of the molecule is CC(C)C1CN(Cc2ccno2)C(C(C)C)CN1. The summed E-state index contributed by atoms with van der Waals surface area (Å²) < 4.78 is 5.25. The van der Waals surface area contributed by atoms with Gasteiger partial charge in [0.2, 0.25) is 0 Å². The zero-order valence-electron chi connectivity index (χ0n) is 11.9. The smallest absolute Gasteiger partial charge is 0.150 e. The van der Waals surface area contributed by atoms with Crippen molar-refractivity contribution in [2.45, 2.75) is 46.3 Å². The monoisotopic (exact) mass is 251 g/mol. The van der Waals surface area contributed by atoms with Crippen molar-refractivity contribution in [2.24, 2.45) is 11.8 Å². The molecule has 0 spiro atoms. The molecule has 2 heterocycles. The molecule has 1 N–H and O–H groups in total. The van der Waals surface area contributed by atoms with Gasteiger partial charge in [-0.1, -0.05) is 32.9 Å². The van der Waals surface area contributed by atoms with Gasteiger partial charge in [-0.05, 0) is 11.8 Å². The summed E-state index contributed by atoms with van der Waals surface area (Å²) in [5, 5.41) is 7.47. The molecule has 0 radical (unpaired) electrons. The van der Waals surface area contributed by atoms with Gasteiger partial charge in [0.1, 0.15) is 0 Å². The molecule has 0 bridgehead atoms. The Hall–Kier alpha value is -0.870. The molecule has 0 aliphatic carbocycles. The van der Waals surface area contributed by atoms with Crippen molar-refractivity contribution in [1.82, 2.24) is 15.4 Å². The van der Waals surface area contributed by atoms with Gasteiger partial charge < -0.3 is 9.84 Å². The average molecular weight is 251 g/mol. The molecule has 1 aromatic rings. The summed E-state index contributed by atoms with van der Waals surface area (Å²) in [6, 6.07) is 3.11. The van der Waals surface area contributed by atoms with Gasteiger partial charge in [-0.25, -0.2) is 0 Å². The summed E-state index contributed by atoms with van der Waals surface area (Å²) in [5.41, 5.74) is 0. The molecule has 2 unspecified atom stereocenters. The standard InChI is InChI=1S/C14H25N3O/c1-10(2)13-9-17(8-12-5-6-16-18-12)14(7-15-13)11(3)4/h5-6,10-11,13-15H,7-9H2,1-4H3. The third-order valence-electron chi connectivity index (χ3n) is 3.91. The van der Waals surface area contributed by atoms with E-state index in [4.69, 9.17) is 4.52 Å². The van der Waals surface area contributed by atoms with E-state index in [1.54, 1.807) is 6.20 Å². The van der Waals surface area contributed by atoms with Crippen molar-refractivity contribution in [3.8, 4) is 0 Å². The predicted octanol–water partition coefficient (Wildman–Crippen LogP) is 2.13. The van der Waals surface area contributed by atoms with Crippen LogP contribution in [0, 0.1) is 11.8 Å². The van der Waals surface area contributed by atoms with Gasteiger partial charge in [0, 0.05) is 31.2 Å². The molecule has 2 rings (SSSR count). The highest BCUT2D eigenvalue weighted by Gasteiger charge is 2.31. The molecule has 18 heavy (non-hydrogen) atoms. The largest absolute Gasteiger partial charge is 0.360 e. The van der Waals surface area contributed by atoms with Crippen LogP contribution in [0.15, 0.2) is 16.8 Å². The van der Waals surface area contributed by atoms with Gasteiger partial charge in [-0.3, -0.25) is 4.90 Å². The second-order valence-electron chi connectivity index (χ2n) is 5.98. The van der Waals surface area contributed by atoms with Crippen LogP contribution in [0.25, 0.3) is 0 Å². The highest BCUT2D eigenvalue weighted by atomic mass is 16.5. The molecule has 4 nitrogen and oxygen atoms in total. The van der Waals surface area contributed by atoms with Gasteiger partial charge in [0.15, 0.2) is 5.76 Å². The van der Waals surface area contributed by atoms with Gasteiger partial charge in [0.25, 0.3) is 0 Å². The van der Waals surface area contributed by atoms with Crippen LogP contribution in [0.1, 0.15) is 33.5 Å². The lowest BCUT2D eigenvalue weighted by Gasteiger charge is -2.43. The molecule has 0 saturated carbocycles. The maximum Gasteiger partial charge on any atom is 0.150 e. The summed E-state index contributed by atoms with van der Waals surface area (Å²) in [6.07, 6.45) is 1.72. The van der Waals surface area contributed by atoms with E-state index in [1.165, 1.54) is 0 Å². The Morgan fingerprint density at radius 1 is 1.39 bits per heavy atom. The number of rotatable bonds is 4. The highest BCUT2D eigenvalue weighted by molar-refractivity contribution is 4.97. The Labute approximate surface area is 110 Å². The molecular weight excluding hydrogens is 226 g/mol. The lowest BCUT2D eigenvalue weighted by molar-refractivity contribution is 0.0701. The maximum atomic E-state index is 5.25. The van der Waals surface area contributed by atoms with Crippen LogP contribution in [0.2, 0.25) is 0 Å². The summed E-state index contributed by atoms with van der Waals surface area (Å²) in [6.45, 7) is 12.1. The third kappa shape index (κ3) is 3.12. The molecule has 1 fully saturated rings. The Balaban J connectivity index is 2.04. The Kier molecular flexibility index (Phi) is 4.40. The minimum absolute atomic E-state index is 0.572. The lowest BCUT2D eigenvalue weighted by Crippen LogP contribution is -2.59. The second kappa shape index (κ2) is 5.85. The lowest BCUT2D eigenvalue weighted by atomic mass is 9.94. The quantitative estimate of drug-likeness (QED) is 0.890. The summed E-state index contributed by atoms with van der Waals surface area (Å²) in [7, 11) is 0. The van der Waals surface area contributed by atoms with Crippen LogP contribution in [-0.4, -0.2) is 35.2 Å². The second-order valence-corrected chi connectivity index (χ2v) is 5.98. The van der Waals surface area contributed by atoms with Gasteiger partial charge in [0.05, 0.1) is 12.7 Å². The molecule has 1 aliphatic heterocycles. The van der Waals surface area contributed by atoms with Crippen LogP contribution in [0.5, 0.6) is 0 Å². The first-order valence-electron chi connectivity index (χ1n) is 6.95. The van der Waals surface area contributed by atoms with Crippen molar-refractivity contribution >= 4 is 0 Å². The van der Waals surface area contributed by atoms with E-state index in [9.17, 15) is 0 Å². The van der Waals surface area contributed by atoms with E-state index in [-0.39, 0.29) is 0 Å². The van der Waals surface area contributed by atoms with Crippen molar-refractivity contribution in [1.29, 1.82) is 0 Å². The van der Waals surface area contributed by atoms with Gasteiger partial charge in [-0.15, -0.1) is 0 Å². The fourth-order valence-electron chi connectivity index (χ4n) is 2.66. The molecule has 1 saturated heterocycles. The molecule has 0 amide bonds. The average Bonchev–Trinajstić information content (AvgIpc) is 2.81. The van der Waals surface area contributed by atoms with E-state index in [1.807, 2.05) is 6.07 Å². The van der Waals surface area contributed by atoms with Crippen molar-refractivity contribution in [3.05, 3.63) is 18.0 Å². The molecule has 4 heteroatoms. The van der Waals surface area contributed by atoms with E-state index in [0.29, 0.717) is 23.9 Å². The number of hydrogen-bond acceptors (Lipinski definition) is 4. The Bertz CT molecular complexity index is 348. The first kappa shape index (κ1) is 13.6. The molecule has 2 atom stereocenters. The minimum Gasteiger partial charge on any atom is -0.360 e. The maximum absolute atomic E-state index is 5.25. The molecule has 102 valence electrons. The Morgan fingerprint density at radius 2 is 2.17 bits per heavy atom. The molecule has 1 aromatic heterocycles. The summed E-state index contributed by atoms with van der Waals surface area (Å²) >= 11 is 0. The minimum atomic E-state index is 0.572. The molecule has 1 aliphatic rings. The first-order valence-corrected chi connectivity index (χ1v) is 6.95.